The van der Waals surface area contributed by atoms with Crippen LogP contribution >= 0.6 is 11.8 Å². The number of thioether (sulfide) groups is 1. The van der Waals surface area contributed by atoms with Crippen molar-refractivity contribution in [1.29, 1.82) is 5.26 Å². The minimum atomic E-state index is -0.396. The molecule has 0 saturated carbocycles. The number of nitriles is 1. The summed E-state index contributed by atoms with van der Waals surface area (Å²) >= 11 is 1.64. The second kappa shape index (κ2) is 8.60. The lowest BCUT2D eigenvalue weighted by Crippen LogP contribution is -2.28. The summed E-state index contributed by atoms with van der Waals surface area (Å²) in [5, 5.41) is 11.3. The molecule has 138 valence electrons. The number of hydrogen-bond donors (Lipinski definition) is 1. The number of nitrogens with one attached hydrogen (secondary N) is 1. The summed E-state index contributed by atoms with van der Waals surface area (Å²) < 4.78 is 5.18. The number of ether oxygens (including phenoxy) is 1. The van der Waals surface area contributed by atoms with Gasteiger partial charge >= 0.3 is 0 Å². The van der Waals surface area contributed by atoms with Crippen LogP contribution in [0, 0.1) is 17.2 Å². The molecule has 1 saturated heterocycles. The highest BCUT2D eigenvalue weighted by atomic mass is 32.2. The molecule has 2 amide bonds. The van der Waals surface area contributed by atoms with E-state index in [0.29, 0.717) is 18.0 Å². The number of hydrogen-bond acceptors (Lipinski definition) is 5. The molecule has 27 heavy (non-hydrogen) atoms. The average Bonchev–Trinajstić information content (AvgIpc) is 3.09. The number of carbonyl (C=O) groups excluding carboxylic acids is 2. The van der Waals surface area contributed by atoms with Gasteiger partial charge in [0.2, 0.25) is 11.8 Å². The minimum Gasteiger partial charge on any atom is -0.479 e. The summed E-state index contributed by atoms with van der Waals surface area (Å²) in [6, 6.07) is 16.4. The molecular formula is C20H19N3O3S. The van der Waals surface area contributed by atoms with Gasteiger partial charge in [-0.25, -0.2) is 0 Å². The first-order valence-electron chi connectivity index (χ1n) is 8.46. The quantitative estimate of drug-likeness (QED) is 0.777. The highest BCUT2D eigenvalue weighted by Gasteiger charge is 2.35. The van der Waals surface area contributed by atoms with Crippen LogP contribution in [0.3, 0.4) is 0 Å². The van der Waals surface area contributed by atoms with E-state index in [1.54, 1.807) is 40.9 Å². The van der Waals surface area contributed by atoms with Gasteiger partial charge in [0.05, 0.1) is 5.92 Å². The molecule has 1 aliphatic heterocycles. The maximum Gasteiger partial charge on any atom is 0.229 e. The number of carbonyl (C=O) groups is 2. The molecule has 0 radical (unpaired) electrons. The Morgan fingerprint density at radius 3 is 2.59 bits per heavy atom. The first-order valence-corrected chi connectivity index (χ1v) is 9.68. The molecule has 1 heterocycles. The Morgan fingerprint density at radius 1 is 1.26 bits per heavy atom. The highest BCUT2D eigenvalue weighted by molar-refractivity contribution is 7.98. The first-order chi connectivity index (χ1) is 13.1. The van der Waals surface area contributed by atoms with Crippen LogP contribution < -0.4 is 15.0 Å². The van der Waals surface area contributed by atoms with E-state index in [1.807, 2.05) is 36.6 Å². The van der Waals surface area contributed by atoms with Gasteiger partial charge in [0.1, 0.15) is 11.8 Å². The number of rotatable bonds is 6. The van der Waals surface area contributed by atoms with E-state index in [9.17, 15) is 9.59 Å². The average molecular weight is 381 g/mol. The van der Waals surface area contributed by atoms with E-state index in [0.717, 1.165) is 10.6 Å². The molecule has 7 heteroatoms. The van der Waals surface area contributed by atoms with Crippen molar-refractivity contribution in [2.75, 3.05) is 29.6 Å². The lowest BCUT2D eigenvalue weighted by molar-refractivity contribution is -0.122. The first kappa shape index (κ1) is 18.8. The molecule has 2 aromatic carbocycles. The molecule has 1 N–H and O–H groups in total. The van der Waals surface area contributed by atoms with Crippen molar-refractivity contribution in [3.05, 3.63) is 48.5 Å². The number of amides is 2. The van der Waals surface area contributed by atoms with Crippen LogP contribution in [0.15, 0.2) is 53.4 Å². The Morgan fingerprint density at radius 2 is 1.96 bits per heavy atom. The molecular weight excluding hydrogens is 362 g/mol. The molecule has 0 bridgehead atoms. The highest BCUT2D eigenvalue weighted by Crippen LogP contribution is 2.28. The van der Waals surface area contributed by atoms with Gasteiger partial charge < -0.3 is 15.0 Å². The Balaban J connectivity index is 1.60. The topological polar surface area (TPSA) is 82.4 Å². The van der Waals surface area contributed by atoms with Crippen molar-refractivity contribution in [2.24, 2.45) is 5.92 Å². The van der Waals surface area contributed by atoms with Crippen molar-refractivity contribution in [2.45, 2.75) is 11.3 Å². The molecule has 1 fully saturated rings. The largest absolute Gasteiger partial charge is 0.479 e. The molecule has 6 nitrogen and oxygen atoms in total. The Kier molecular flexibility index (Phi) is 5.99. The molecule has 3 rings (SSSR count). The maximum atomic E-state index is 12.5. The fraction of sp³-hybridized carbons (Fsp3) is 0.250. The van der Waals surface area contributed by atoms with Gasteiger partial charge in [0.25, 0.3) is 0 Å². The summed E-state index contributed by atoms with van der Waals surface area (Å²) in [6.07, 6.45) is 2.19. The number of nitrogens with zero attached hydrogens (tertiary/aromatic N) is 2. The lowest BCUT2D eigenvalue weighted by Gasteiger charge is -2.17. The van der Waals surface area contributed by atoms with Gasteiger partial charge in [-0.1, -0.05) is 0 Å². The van der Waals surface area contributed by atoms with Crippen LogP contribution in [0.5, 0.6) is 5.75 Å². The van der Waals surface area contributed by atoms with E-state index >= 15 is 0 Å². The van der Waals surface area contributed by atoms with Gasteiger partial charge in [0.15, 0.2) is 6.61 Å². The van der Waals surface area contributed by atoms with Crippen LogP contribution in [0.2, 0.25) is 0 Å². The SMILES string of the molecule is CSc1ccc(N2CC(C(=O)Nc3ccc(OCC#N)cc3)CC2=O)cc1. The Hall–Kier alpha value is -2.98. The van der Waals surface area contributed by atoms with E-state index in [2.05, 4.69) is 5.32 Å². The van der Waals surface area contributed by atoms with E-state index in [-0.39, 0.29) is 24.8 Å². The predicted octanol–water partition coefficient (Wildman–Crippen LogP) is 3.30. The zero-order valence-corrected chi connectivity index (χ0v) is 15.7. The molecule has 2 aromatic rings. The Bertz CT molecular complexity index is 860. The summed E-state index contributed by atoms with van der Waals surface area (Å²) in [5.41, 5.74) is 1.44. The van der Waals surface area contributed by atoms with Crippen molar-refractivity contribution in [3.63, 3.8) is 0 Å². The summed E-state index contributed by atoms with van der Waals surface area (Å²) in [7, 11) is 0. The normalized spacial score (nSPS) is 16.1. The molecule has 0 spiro atoms. The van der Waals surface area contributed by atoms with E-state index < -0.39 is 5.92 Å². The van der Waals surface area contributed by atoms with Gasteiger partial charge in [0, 0.05) is 29.2 Å². The zero-order chi connectivity index (χ0) is 19.2. The van der Waals surface area contributed by atoms with Crippen molar-refractivity contribution in [1.82, 2.24) is 0 Å². The second-order valence-corrected chi connectivity index (χ2v) is 6.94. The van der Waals surface area contributed by atoms with Gasteiger partial charge in [-0.05, 0) is 54.8 Å². The lowest BCUT2D eigenvalue weighted by atomic mass is 10.1. The number of benzene rings is 2. The standard InChI is InChI=1S/C20H19N3O3S/c1-27-18-8-4-16(5-9-18)23-13-14(12-19(23)24)20(25)22-15-2-6-17(7-3-15)26-11-10-21/h2-9,14H,11-13H2,1H3,(H,22,25). The predicted molar refractivity (Wildman–Crippen MR) is 105 cm³/mol. The molecule has 0 aromatic heterocycles. The van der Waals surface area contributed by atoms with E-state index in [4.69, 9.17) is 10.00 Å². The van der Waals surface area contributed by atoms with Crippen LogP contribution in [0.1, 0.15) is 6.42 Å². The van der Waals surface area contributed by atoms with Crippen molar-refractivity contribution in [3.8, 4) is 11.8 Å². The van der Waals surface area contributed by atoms with Crippen LogP contribution in [-0.2, 0) is 9.59 Å². The fourth-order valence-corrected chi connectivity index (χ4v) is 3.30. The second-order valence-electron chi connectivity index (χ2n) is 6.06. The molecule has 0 aliphatic carbocycles. The van der Waals surface area contributed by atoms with E-state index in [1.165, 1.54) is 0 Å². The monoisotopic (exact) mass is 381 g/mol. The van der Waals surface area contributed by atoms with Crippen LogP contribution in [0.25, 0.3) is 0 Å². The van der Waals surface area contributed by atoms with Crippen molar-refractivity contribution < 1.29 is 14.3 Å². The zero-order valence-electron chi connectivity index (χ0n) is 14.8. The summed E-state index contributed by atoms with van der Waals surface area (Å²) in [5.74, 6) is -0.0673. The third-order valence-electron chi connectivity index (χ3n) is 4.31. The molecule has 1 aliphatic rings. The third kappa shape index (κ3) is 4.60. The smallest absolute Gasteiger partial charge is 0.229 e. The number of anilines is 2. The molecule has 1 unspecified atom stereocenters. The fourth-order valence-electron chi connectivity index (χ4n) is 2.89. The maximum absolute atomic E-state index is 12.5. The summed E-state index contributed by atoms with van der Waals surface area (Å²) in [4.78, 5) is 27.7. The van der Waals surface area contributed by atoms with Crippen LogP contribution in [-0.4, -0.2) is 31.2 Å². The molecule has 1 atom stereocenters. The van der Waals surface area contributed by atoms with Crippen molar-refractivity contribution >= 4 is 35.0 Å². The van der Waals surface area contributed by atoms with Gasteiger partial charge in [-0.2, -0.15) is 5.26 Å². The van der Waals surface area contributed by atoms with Gasteiger partial charge in [-0.3, -0.25) is 9.59 Å². The van der Waals surface area contributed by atoms with Gasteiger partial charge in [-0.15, -0.1) is 11.8 Å². The minimum absolute atomic E-state index is 0.0242. The van der Waals surface area contributed by atoms with Crippen LogP contribution in [0.4, 0.5) is 11.4 Å². The third-order valence-corrected chi connectivity index (χ3v) is 5.05. The Labute approximate surface area is 162 Å². The summed E-state index contributed by atoms with van der Waals surface area (Å²) in [6.45, 7) is 0.344.